The highest BCUT2D eigenvalue weighted by atomic mass is 19.1. The number of nitrogens with one attached hydrogen (secondary N) is 1. The molecule has 5 heteroatoms. The average molecular weight is 263 g/mol. The van der Waals surface area contributed by atoms with Crippen LogP contribution in [0.1, 0.15) is 17.0 Å². The van der Waals surface area contributed by atoms with Gasteiger partial charge in [-0.1, -0.05) is 0 Å². The van der Waals surface area contributed by atoms with Crippen molar-refractivity contribution in [2.75, 3.05) is 12.4 Å². The molecule has 2 aromatic rings. The number of methoxy groups -OCH3 is 1. The lowest BCUT2D eigenvalue weighted by molar-refractivity contribution is 0.414. The van der Waals surface area contributed by atoms with Gasteiger partial charge in [-0.25, -0.2) is 4.39 Å². The fourth-order valence-electron chi connectivity index (χ4n) is 2.02. The van der Waals surface area contributed by atoms with Gasteiger partial charge in [0.05, 0.1) is 18.5 Å². The first-order valence-electron chi connectivity index (χ1n) is 6.09. The zero-order valence-corrected chi connectivity index (χ0v) is 11.6. The molecule has 0 unspecified atom stereocenters. The van der Waals surface area contributed by atoms with Crippen LogP contribution in [-0.2, 0) is 13.6 Å². The van der Waals surface area contributed by atoms with Gasteiger partial charge in [-0.15, -0.1) is 0 Å². The van der Waals surface area contributed by atoms with Crippen LogP contribution in [0.5, 0.6) is 5.75 Å². The Kier molecular flexibility index (Phi) is 3.74. The summed E-state index contributed by atoms with van der Waals surface area (Å²) in [6, 6.07) is 4.64. The third-order valence-corrected chi connectivity index (χ3v) is 3.29. The van der Waals surface area contributed by atoms with E-state index >= 15 is 0 Å². The van der Waals surface area contributed by atoms with Gasteiger partial charge in [0.1, 0.15) is 11.6 Å². The number of nitrogens with zero attached hydrogens (tertiary/aromatic N) is 2. The van der Waals surface area contributed by atoms with Crippen molar-refractivity contribution in [3.05, 3.63) is 41.0 Å². The minimum absolute atomic E-state index is 0.292. The third-order valence-electron chi connectivity index (χ3n) is 3.29. The van der Waals surface area contributed by atoms with Crippen LogP contribution >= 0.6 is 0 Å². The molecule has 4 nitrogen and oxygen atoms in total. The second-order valence-electron chi connectivity index (χ2n) is 4.47. The van der Waals surface area contributed by atoms with Crippen LogP contribution in [0.3, 0.4) is 0 Å². The highest BCUT2D eigenvalue weighted by molar-refractivity contribution is 5.50. The molecule has 0 aliphatic heterocycles. The van der Waals surface area contributed by atoms with Crippen LogP contribution in [0.15, 0.2) is 18.2 Å². The average Bonchev–Trinajstić information content (AvgIpc) is 2.63. The molecule has 0 spiro atoms. The molecule has 0 saturated heterocycles. The number of aromatic nitrogens is 2. The molecule has 19 heavy (non-hydrogen) atoms. The quantitative estimate of drug-likeness (QED) is 0.922. The van der Waals surface area contributed by atoms with Crippen LogP contribution < -0.4 is 10.1 Å². The van der Waals surface area contributed by atoms with Crippen molar-refractivity contribution < 1.29 is 9.13 Å². The SMILES string of the molecule is COc1ccc(F)c(NCc2c(C)nn(C)c2C)c1. The number of hydrogen-bond acceptors (Lipinski definition) is 3. The first kappa shape index (κ1) is 13.4. The summed E-state index contributed by atoms with van der Waals surface area (Å²) in [6.07, 6.45) is 0. The Labute approximate surface area is 112 Å². The van der Waals surface area contributed by atoms with Crippen molar-refractivity contribution in [1.82, 2.24) is 9.78 Å². The summed E-state index contributed by atoms with van der Waals surface area (Å²) >= 11 is 0. The van der Waals surface area contributed by atoms with Gasteiger partial charge in [0, 0.05) is 30.9 Å². The van der Waals surface area contributed by atoms with E-state index in [4.69, 9.17) is 4.74 Å². The van der Waals surface area contributed by atoms with Crippen molar-refractivity contribution in [1.29, 1.82) is 0 Å². The van der Waals surface area contributed by atoms with Gasteiger partial charge in [-0.2, -0.15) is 5.10 Å². The van der Waals surface area contributed by atoms with E-state index in [0.717, 1.165) is 17.0 Å². The molecule has 0 aliphatic carbocycles. The first-order valence-corrected chi connectivity index (χ1v) is 6.09. The molecule has 1 N–H and O–H groups in total. The Bertz CT molecular complexity index is 593. The second kappa shape index (κ2) is 5.30. The van der Waals surface area contributed by atoms with Crippen molar-refractivity contribution in [2.45, 2.75) is 20.4 Å². The summed E-state index contributed by atoms with van der Waals surface area (Å²) in [4.78, 5) is 0. The number of ether oxygens (including phenoxy) is 1. The zero-order valence-electron chi connectivity index (χ0n) is 11.6. The normalized spacial score (nSPS) is 10.6. The molecule has 2 rings (SSSR count). The lowest BCUT2D eigenvalue weighted by atomic mass is 10.2. The fraction of sp³-hybridized carbons (Fsp3) is 0.357. The molecule has 0 bridgehead atoms. The summed E-state index contributed by atoms with van der Waals surface area (Å²) in [5.41, 5.74) is 3.55. The Morgan fingerprint density at radius 3 is 2.68 bits per heavy atom. The van der Waals surface area contributed by atoms with Crippen molar-refractivity contribution in [3.8, 4) is 5.75 Å². The van der Waals surface area contributed by atoms with Gasteiger partial charge in [0.15, 0.2) is 0 Å². The van der Waals surface area contributed by atoms with Gasteiger partial charge >= 0.3 is 0 Å². The van der Waals surface area contributed by atoms with E-state index in [1.54, 1.807) is 19.2 Å². The highest BCUT2D eigenvalue weighted by Gasteiger charge is 2.10. The third kappa shape index (κ3) is 2.70. The lowest BCUT2D eigenvalue weighted by Gasteiger charge is -2.09. The minimum Gasteiger partial charge on any atom is -0.497 e. The number of aryl methyl sites for hydroxylation is 2. The van der Waals surface area contributed by atoms with Crippen molar-refractivity contribution in [3.63, 3.8) is 0 Å². The Hall–Kier alpha value is -2.04. The number of hydrogen-bond donors (Lipinski definition) is 1. The Morgan fingerprint density at radius 1 is 1.37 bits per heavy atom. The van der Waals surface area contributed by atoms with Gasteiger partial charge < -0.3 is 10.1 Å². The predicted octanol–water partition coefficient (Wildman–Crippen LogP) is 2.80. The highest BCUT2D eigenvalue weighted by Crippen LogP contribution is 2.22. The van der Waals surface area contributed by atoms with Gasteiger partial charge in [0.25, 0.3) is 0 Å². The van der Waals surface area contributed by atoms with Crippen LogP contribution in [0.2, 0.25) is 0 Å². The first-order chi connectivity index (χ1) is 9.02. The van der Waals surface area contributed by atoms with Crippen LogP contribution in [0.25, 0.3) is 0 Å². The maximum atomic E-state index is 13.7. The van der Waals surface area contributed by atoms with Crippen LogP contribution in [0.4, 0.5) is 10.1 Å². The smallest absolute Gasteiger partial charge is 0.146 e. The molecule has 0 saturated carbocycles. The van der Waals surface area contributed by atoms with E-state index in [1.165, 1.54) is 6.07 Å². The number of anilines is 1. The lowest BCUT2D eigenvalue weighted by Crippen LogP contribution is -2.04. The van der Waals surface area contributed by atoms with Crippen LogP contribution in [-0.4, -0.2) is 16.9 Å². The standard InChI is InChI=1S/C14H18FN3O/c1-9-12(10(2)18(3)17-9)8-16-14-7-11(19-4)5-6-13(14)15/h5-7,16H,8H2,1-4H3. The maximum Gasteiger partial charge on any atom is 0.146 e. The van der Waals surface area contributed by atoms with E-state index in [9.17, 15) is 4.39 Å². The minimum atomic E-state index is -0.292. The van der Waals surface area contributed by atoms with Gasteiger partial charge in [-0.3, -0.25) is 4.68 Å². The molecule has 0 amide bonds. The maximum absolute atomic E-state index is 13.7. The molecule has 1 heterocycles. The molecular formula is C14H18FN3O. The molecule has 0 atom stereocenters. The fourth-order valence-corrected chi connectivity index (χ4v) is 2.02. The molecule has 0 fully saturated rings. The largest absolute Gasteiger partial charge is 0.497 e. The number of benzene rings is 1. The molecule has 1 aromatic heterocycles. The van der Waals surface area contributed by atoms with E-state index < -0.39 is 0 Å². The Morgan fingerprint density at radius 2 is 2.11 bits per heavy atom. The van der Waals surface area contributed by atoms with E-state index in [1.807, 2.05) is 25.6 Å². The molecular weight excluding hydrogens is 245 g/mol. The van der Waals surface area contributed by atoms with Crippen LogP contribution in [0, 0.1) is 19.7 Å². The summed E-state index contributed by atoms with van der Waals surface area (Å²) in [5.74, 6) is 0.337. The summed E-state index contributed by atoms with van der Waals surface area (Å²) in [5, 5.41) is 7.43. The molecule has 1 aromatic carbocycles. The van der Waals surface area contributed by atoms with E-state index in [-0.39, 0.29) is 5.82 Å². The topological polar surface area (TPSA) is 39.1 Å². The summed E-state index contributed by atoms with van der Waals surface area (Å²) in [6.45, 7) is 4.49. The van der Waals surface area contributed by atoms with Gasteiger partial charge in [0.2, 0.25) is 0 Å². The summed E-state index contributed by atoms with van der Waals surface area (Å²) < 4.78 is 20.6. The van der Waals surface area contributed by atoms with E-state index in [0.29, 0.717) is 18.0 Å². The number of rotatable bonds is 4. The van der Waals surface area contributed by atoms with Crippen molar-refractivity contribution in [2.24, 2.45) is 7.05 Å². The second-order valence-corrected chi connectivity index (χ2v) is 4.47. The summed E-state index contributed by atoms with van der Waals surface area (Å²) in [7, 11) is 3.46. The molecule has 0 aliphatic rings. The molecule has 0 radical (unpaired) electrons. The van der Waals surface area contributed by atoms with E-state index in [2.05, 4.69) is 10.4 Å². The Balaban J connectivity index is 2.18. The molecule has 102 valence electrons. The predicted molar refractivity (Wildman–Crippen MR) is 73.0 cm³/mol. The van der Waals surface area contributed by atoms with Gasteiger partial charge in [-0.05, 0) is 26.0 Å². The van der Waals surface area contributed by atoms with Crippen molar-refractivity contribution >= 4 is 5.69 Å². The monoisotopic (exact) mass is 263 g/mol. The number of halogens is 1. The zero-order chi connectivity index (χ0) is 14.0.